The number of carbonyl (C=O) groups excluding carboxylic acids is 1. The van der Waals surface area contributed by atoms with Crippen LogP contribution in [0.25, 0.3) is 0 Å². The predicted octanol–water partition coefficient (Wildman–Crippen LogP) is 4.49. The number of thioether (sulfide) groups is 1. The standard InChI is InChI=1S/C20H20N4O2S2/c1-13-11-18(21)24(28-13)20(23-16-5-4-6-17(12-16)27-3)22-15-9-7-14(8-10-15)19(25)26-2/h4-12,21H,1-3H3,(H,22,23). The topological polar surface area (TPSA) is 79.5 Å². The Kier molecular flexibility index (Phi) is 6.33. The van der Waals surface area contributed by atoms with Gasteiger partial charge in [-0.05, 0) is 61.7 Å². The van der Waals surface area contributed by atoms with Crippen molar-refractivity contribution in [3.05, 3.63) is 70.5 Å². The molecule has 0 aliphatic heterocycles. The Hall–Kier alpha value is -2.84. The average molecular weight is 413 g/mol. The highest BCUT2D eigenvalue weighted by Crippen LogP contribution is 2.21. The van der Waals surface area contributed by atoms with E-state index in [-0.39, 0.29) is 5.97 Å². The van der Waals surface area contributed by atoms with E-state index in [1.54, 1.807) is 46.1 Å². The molecular formula is C20H20N4O2S2. The van der Waals surface area contributed by atoms with E-state index in [4.69, 9.17) is 10.1 Å². The Bertz CT molecular complexity index is 1070. The molecule has 0 saturated carbocycles. The maximum absolute atomic E-state index is 11.6. The first kappa shape index (κ1) is 19.9. The van der Waals surface area contributed by atoms with Gasteiger partial charge in [0.05, 0.1) is 18.4 Å². The first-order valence-electron chi connectivity index (χ1n) is 8.43. The largest absolute Gasteiger partial charge is 0.465 e. The molecule has 144 valence electrons. The van der Waals surface area contributed by atoms with Crippen molar-refractivity contribution in [3.8, 4) is 0 Å². The predicted molar refractivity (Wildman–Crippen MR) is 115 cm³/mol. The van der Waals surface area contributed by atoms with Gasteiger partial charge in [-0.25, -0.2) is 13.7 Å². The van der Waals surface area contributed by atoms with Gasteiger partial charge in [-0.1, -0.05) is 17.6 Å². The van der Waals surface area contributed by atoms with Crippen molar-refractivity contribution in [2.45, 2.75) is 11.8 Å². The number of hydrogen-bond acceptors (Lipinski definition) is 6. The first-order valence-corrected chi connectivity index (χ1v) is 10.4. The molecule has 3 aromatic rings. The second-order valence-corrected chi connectivity index (χ2v) is 7.93. The monoisotopic (exact) mass is 412 g/mol. The fourth-order valence-electron chi connectivity index (χ4n) is 2.49. The van der Waals surface area contributed by atoms with Gasteiger partial charge >= 0.3 is 5.97 Å². The van der Waals surface area contributed by atoms with E-state index in [9.17, 15) is 4.79 Å². The van der Waals surface area contributed by atoms with Crippen molar-refractivity contribution < 1.29 is 9.53 Å². The molecule has 6 nitrogen and oxygen atoms in total. The number of nitrogens with one attached hydrogen (secondary N) is 2. The van der Waals surface area contributed by atoms with Gasteiger partial charge in [-0.3, -0.25) is 5.41 Å². The summed E-state index contributed by atoms with van der Waals surface area (Å²) < 4.78 is 6.46. The molecule has 2 N–H and O–H groups in total. The van der Waals surface area contributed by atoms with Crippen LogP contribution < -0.4 is 10.8 Å². The Morgan fingerprint density at radius 3 is 2.57 bits per heavy atom. The summed E-state index contributed by atoms with van der Waals surface area (Å²) in [5.74, 6) is 0.131. The van der Waals surface area contributed by atoms with Gasteiger partial charge in [0.25, 0.3) is 0 Å². The molecule has 3 rings (SSSR count). The summed E-state index contributed by atoms with van der Waals surface area (Å²) in [4.78, 5) is 18.4. The molecule has 0 unspecified atom stereocenters. The molecule has 0 atom stereocenters. The van der Waals surface area contributed by atoms with Crippen LogP contribution in [0.2, 0.25) is 0 Å². The number of methoxy groups -OCH3 is 1. The van der Waals surface area contributed by atoms with Crippen molar-refractivity contribution in [1.82, 2.24) is 3.96 Å². The smallest absolute Gasteiger partial charge is 0.337 e. The van der Waals surface area contributed by atoms with Crippen LogP contribution in [0.3, 0.4) is 0 Å². The number of esters is 1. The molecule has 1 heterocycles. The molecule has 0 amide bonds. The summed E-state index contributed by atoms with van der Waals surface area (Å²) in [5.41, 5.74) is 2.36. The first-order chi connectivity index (χ1) is 13.5. The van der Waals surface area contributed by atoms with Crippen LogP contribution in [0.5, 0.6) is 0 Å². The molecule has 0 aliphatic rings. The second-order valence-electron chi connectivity index (χ2n) is 5.86. The Morgan fingerprint density at radius 2 is 1.96 bits per heavy atom. The number of hydrogen-bond donors (Lipinski definition) is 2. The third kappa shape index (κ3) is 4.71. The van der Waals surface area contributed by atoms with E-state index < -0.39 is 0 Å². The van der Waals surface area contributed by atoms with E-state index in [1.165, 1.54) is 18.6 Å². The molecule has 0 spiro atoms. The summed E-state index contributed by atoms with van der Waals surface area (Å²) in [6, 6.07) is 16.6. The highest BCUT2D eigenvalue weighted by Gasteiger charge is 2.10. The molecule has 0 bridgehead atoms. The van der Waals surface area contributed by atoms with Crippen LogP contribution in [0.15, 0.2) is 64.5 Å². The highest BCUT2D eigenvalue weighted by atomic mass is 32.2. The third-order valence-electron chi connectivity index (χ3n) is 3.84. The van der Waals surface area contributed by atoms with E-state index >= 15 is 0 Å². The third-order valence-corrected chi connectivity index (χ3v) is 5.52. The van der Waals surface area contributed by atoms with Gasteiger partial charge in [-0.2, -0.15) is 0 Å². The van der Waals surface area contributed by atoms with E-state index in [2.05, 4.69) is 10.3 Å². The average Bonchev–Trinajstić information content (AvgIpc) is 3.05. The highest BCUT2D eigenvalue weighted by molar-refractivity contribution is 7.98. The molecule has 0 radical (unpaired) electrons. The van der Waals surface area contributed by atoms with Crippen LogP contribution >= 0.6 is 23.3 Å². The number of nitrogens with zero attached hydrogens (tertiary/aromatic N) is 2. The minimum absolute atomic E-state index is 0.348. The molecule has 0 fully saturated rings. The summed E-state index contributed by atoms with van der Waals surface area (Å²) >= 11 is 3.10. The van der Waals surface area contributed by atoms with Gasteiger partial charge in [0.15, 0.2) is 0 Å². The number of aliphatic imine (C=N–C) groups is 1. The summed E-state index contributed by atoms with van der Waals surface area (Å²) in [6.07, 6.45) is 2.02. The van der Waals surface area contributed by atoms with E-state index in [0.29, 0.717) is 22.7 Å². The lowest BCUT2D eigenvalue weighted by Crippen LogP contribution is -2.28. The molecule has 8 heteroatoms. The fourth-order valence-corrected chi connectivity index (χ4v) is 3.73. The Balaban J connectivity index is 2.00. The fraction of sp³-hybridized carbons (Fsp3) is 0.150. The normalized spacial score (nSPS) is 11.3. The molecule has 1 aromatic heterocycles. The number of carbonyl (C=O) groups is 1. The van der Waals surface area contributed by atoms with Gasteiger partial charge < -0.3 is 10.1 Å². The van der Waals surface area contributed by atoms with Crippen LogP contribution in [0.4, 0.5) is 11.4 Å². The maximum Gasteiger partial charge on any atom is 0.337 e. The summed E-state index contributed by atoms with van der Waals surface area (Å²) in [5, 5.41) is 11.6. The SMILES string of the molecule is COC(=O)c1ccc(N=C(Nc2cccc(SC)c2)n2sc(C)cc2=N)cc1. The van der Waals surface area contributed by atoms with Crippen LogP contribution in [-0.2, 0) is 4.74 Å². The minimum Gasteiger partial charge on any atom is -0.465 e. The quantitative estimate of drug-likeness (QED) is 0.286. The van der Waals surface area contributed by atoms with Gasteiger partial charge in [0.2, 0.25) is 5.96 Å². The molecular weight excluding hydrogens is 392 g/mol. The number of ether oxygens (including phenoxy) is 1. The lowest BCUT2D eigenvalue weighted by atomic mass is 10.2. The number of benzene rings is 2. The van der Waals surface area contributed by atoms with E-state index in [1.807, 2.05) is 37.4 Å². The number of rotatable bonds is 4. The van der Waals surface area contributed by atoms with Crippen LogP contribution in [0, 0.1) is 12.3 Å². The van der Waals surface area contributed by atoms with Crippen molar-refractivity contribution in [3.63, 3.8) is 0 Å². The Labute approximate surface area is 171 Å². The zero-order valence-electron chi connectivity index (χ0n) is 15.7. The van der Waals surface area contributed by atoms with Gasteiger partial charge in [0.1, 0.15) is 5.49 Å². The summed E-state index contributed by atoms with van der Waals surface area (Å²) in [7, 11) is 1.35. The van der Waals surface area contributed by atoms with Crippen molar-refractivity contribution >= 4 is 46.6 Å². The van der Waals surface area contributed by atoms with E-state index in [0.717, 1.165) is 15.5 Å². The molecule has 28 heavy (non-hydrogen) atoms. The zero-order chi connectivity index (χ0) is 20.1. The van der Waals surface area contributed by atoms with Gasteiger partial charge in [0, 0.05) is 15.5 Å². The van der Waals surface area contributed by atoms with Crippen molar-refractivity contribution in [2.75, 3.05) is 18.7 Å². The van der Waals surface area contributed by atoms with Crippen molar-refractivity contribution in [2.24, 2.45) is 4.99 Å². The molecule has 0 saturated heterocycles. The Morgan fingerprint density at radius 1 is 1.21 bits per heavy atom. The number of aromatic nitrogens is 1. The molecule has 2 aromatic carbocycles. The number of aryl methyl sites for hydroxylation is 1. The van der Waals surface area contributed by atoms with Gasteiger partial charge in [-0.15, -0.1) is 11.8 Å². The zero-order valence-corrected chi connectivity index (χ0v) is 17.4. The van der Waals surface area contributed by atoms with Crippen LogP contribution in [-0.4, -0.2) is 29.3 Å². The second kappa shape index (κ2) is 8.90. The number of anilines is 1. The van der Waals surface area contributed by atoms with Crippen molar-refractivity contribution in [1.29, 1.82) is 5.41 Å². The lowest BCUT2D eigenvalue weighted by Gasteiger charge is -2.11. The summed E-state index contributed by atoms with van der Waals surface area (Å²) in [6.45, 7) is 1.95. The minimum atomic E-state index is -0.389. The van der Waals surface area contributed by atoms with Crippen LogP contribution in [0.1, 0.15) is 15.2 Å². The molecule has 0 aliphatic carbocycles. The maximum atomic E-state index is 11.6. The lowest BCUT2D eigenvalue weighted by molar-refractivity contribution is 0.0601.